The quantitative estimate of drug-likeness (QED) is 0.703. The Kier molecular flexibility index (Phi) is 2.83. The van der Waals surface area contributed by atoms with E-state index in [9.17, 15) is 10.5 Å². The van der Waals surface area contributed by atoms with Crippen molar-refractivity contribution < 1.29 is 0 Å². The predicted molar refractivity (Wildman–Crippen MR) is 65.3 cm³/mol. The molecule has 0 radical (unpaired) electrons. The van der Waals surface area contributed by atoms with Gasteiger partial charge in [-0.25, -0.2) is 0 Å². The number of fused-ring (bicyclic) bond motifs is 1. The number of nitrogens with zero attached hydrogens (tertiary/aromatic N) is 5. The van der Waals surface area contributed by atoms with Gasteiger partial charge in [-0.1, -0.05) is 0 Å². The van der Waals surface area contributed by atoms with Crippen LogP contribution in [0.4, 0.5) is 0 Å². The molecule has 1 aromatic heterocycles. The van der Waals surface area contributed by atoms with Crippen molar-refractivity contribution in [2.45, 2.75) is 6.92 Å². The molecule has 2 rings (SSSR count). The van der Waals surface area contributed by atoms with Gasteiger partial charge in [0.2, 0.25) is 0 Å². The number of nitriles is 4. The van der Waals surface area contributed by atoms with Gasteiger partial charge < -0.3 is 0 Å². The maximum Gasteiger partial charge on any atom is 0.102 e. The van der Waals surface area contributed by atoms with E-state index in [2.05, 4.69) is 4.98 Å². The van der Waals surface area contributed by atoms with Gasteiger partial charge in [0.1, 0.15) is 24.3 Å². The minimum atomic E-state index is 0.0838. The average Bonchev–Trinajstić information content (AvgIpc) is 2.44. The van der Waals surface area contributed by atoms with E-state index in [-0.39, 0.29) is 27.6 Å². The smallest absolute Gasteiger partial charge is 0.102 e. The summed E-state index contributed by atoms with van der Waals surface area (Å²) in [6.07, 6.45) is 0. The van der Waals surface area contributed by atoms with Crippen LogP contribution in [0.2, 0.25) is 0 Å². The molecule has 0 aliphatic rings. The van der Waals surface area contributed by atoms with E-state index >= 15 is 0 Å². The molecule has 1 aromatic carbocycles. The standard InChI is InChI=1S/C14H5N5/c1-8-10(5-16)12(7-18)14-11(6-17)9(4-15)2-3-13(14)19-8/h2-3H,1H3. The van der Waals surface area contributed by atoms with Crippen molar-refractivity contribution in [2.75, 3.05) is 0 Å². The third kappa shape index (κ3) is 1.64. The molecule has 0 aliphatic heterocycles. The lowest BCUT2D eigenvalue weighted by Crippen LogP contribution is -1.99. The second-order valence-corrected chi connectivity index (χ2v) is 3.78. The Labute approximate surface area is 109 Å². The van der Waals surface area contributed by atoms with Crippen LogP contribution in [0.25, 0.3) is 10.9 Å². The summed E-state index contributed by atoms with van der Waals surface area (Å²) in [7, 11) is 0. The second-order valence-electron chi connectivity index (χ2n) is 3.78. The summed E-state index contributed by atoms with van der Waals surface area (Å²) < 4.78 is 0. The molecule has 0 unspecified atom stereocenters. The Hall–Kier alpha value is -3.41. The molecule has 0 atom stereocenters. The summed E-state index contributed by atoms with van der Waals surface area (Å²) in [5.74, 6) is 0. The minimum absolute atomic E-state index is 0.0838. The van der Waals surface area contributed by atoms with Gasteiger partial charge in [0, 0.05) is 5.39 Å². The van der Waals surface area contributed by atoms with Crippen molar-refractivity contribution in [3.8, 4) is 24.3 Å². The fourth-order valence-corrected chi connectivity index (χ4v) is 1.94. The highest BCUT2D eigenvalue weighted by atomic mass is 14.7. The molecule has 0 saturated heterocycles. The maximum atomic E-state index is 9.23. The summed E-state index contributed by atoms with van der Waals surface area (Å²) in [6, 6.07) is 10.7. The third-order valence-electron chi connectivity index (χ3n) is 2.79. The lowest BCUT2D eigenvalue weighted by Gasteiger charge is -2.07. The van der Waals surface area contributed by atoms with Crippen molar-refractivity contribution in [2.24, 2.45) is 0 Å². The molecule has 0 bridgehead atoms. The van der Waals surface area contributed by atoms with E-state index in [4.69, 9.17) is 10.5 Å². The molecule has 5 heteroatoms. The minimum Gasteiger partial charge on any atom is -0.252 e. The molecular weight excluding hydrogens is 238 g/mol. The molecule has 0 N–H and O–H groups in total. The van der Waals surface area contributed by atoms with Gasteiger partial charge >= 0.3 is 0 Å². The first kappa shape index (κ1) is 12.1. The zero-order valence-electron chi connectivity index (χ0n) is 9.89. The highest BCUT2D eigenvalue weighted by molar-refractivity contribution is 5.93. The normalized spacial score (nSPS) is 9.11. The second kappa shape index (κ2) is 4.46. The zero-order valence-corrected chi connectivity index (χ0v) is 9.89. The van der Waals surface area contributed by atoms with Gasteiger partial charge in [-0.15, -0.1) is 0 Å². The lowest BCUT2D eigenvalue weighted by molar-refractivity contribution is 1.22. The van der Waals surface area contributed by atoms with Gasteiger partial charge in [0.25, 0.3) is 0 Å². The van der Waals surface area contributed by atoms with Gasteiger partial charge in [-0.05, 0) is 19.1 Å². The van der Waals surface area contributed by atoms with Crippen LogP contribution in [0.15, 0.2) is 12.1 Å². The van der Waals surface area contributed by atoms with Crippen LogP contribution in [0.3, 0.4) is 0 Å². The van der Waals surface area contributed by atoms with E-state index in [0.29, 0.717) is 11.2 Å². The highest BCUT2D eigenvalue weighted by Gasteiger charge is 2.17. The van der Waals surface area contributed by atoms with Crippen LogP contribution in [0.1, 0.15) is 27.9 Å². The summed E-state index contributed by atoms with van der Waals surface area (Å²) in [5, 5.41) is 36.8. The molecule has 86 valence electrons. The SMILES string of the molecule is Cc1nc2ccc(C#N)c(C#N)c2c(C#N)c1C#N. The third-order valence-corrected chi connectivity index (χ3v) is 2.79. The highest BCUT2D eigenvalue weighted by Crippen LogP contribution is 2.27. The van der Waals surface area contributed by atoms with Crippen molar-refractivity contribution in [1.29, 1.82) is 21.0 Å². The molecule has 19 heavy (non-hydrogen) atoms. The largest absolute Gasteiger partial charge is 0.252 e. The summed E-state index contributed by atoms with van der Waals surface area (Å²) in [6.45, 7) is 1.63. The molecule has 2 aromatic rings. The number of aryl methyl sites for hydroxylation is 1. The van der Waals surface area contributed by atoms with Crippen molar-refractivity contribution in [3.05, 3.63) is 40.1 Å². The Morgan fingerprint density at radius 2 is 1.47 bits per heavy atom. The Bertz CT molecular complexity index is 867. The number of pyridine rings is 1. The Balaban J connectivity index is 3.16. The number of hydrogen-bond acceptors (Lipinski definition) is 5. The van der Waals surface area contributed by atoms with Crippen LogP contribution in [-0.2, 0) is 0 Å². The van der Waals surface area contributed by atoms with Crippen LogP contribution in [-0.4, -0.2) is 4.98 Å². The Morgan fingerprint density at radius 1 is 0.842 bits per heavy atom. The molecular formula is C14H5N5. The molecule has 0 amide bonds. The van der Waals surface area contributed by atoms with E-state index < -0.39 is 0 Å². The predicted octanol–water partition coefficient (Wildman–Crippen LogP) is 2.03. The number of hydrogen-bond donors (Lipinski definition) is 0. The number of aromatic nitrogens is 1. The van der Waals surface area contributed by atoms with Crippen LogP contribution in [0.5, 0.6) is 0 Å². The van der Waals surface area contributed by atoms with Crippen molar-refractivity contribution in [3.63, 3.8) is 0 Å². The number of benzene rings is 1. The van der Waals surface area contributed by atoms with Gasteiger partial charge in [-0.2, -0.15) is 21.0 Å². The van der Waals surface area contributed by atoms with E-state index in [1.165, 1.54) is 6.07 Å². The average molecular weight is 243 g/mol. The van der Waals surface area contributed by atoms with Crippen LogP contribution in [0, 0.1) is 52.2 Å². The van der Waals surface area contributed by atoms with E-state index in [0.717, 1.165) is 0 Å². The first-order valence-corrected chi connectivity index (χ1v) is 5.25. The monoisotopic (exact) mass is 243 g/mol. The fraction of sp³-hybridized carbons (Fsp3) is 0.0714. The van der Waals surface area contributed by atoms with Gasteiger partial charge in [0.05, 0.1) is 33.5 Å². The maximum absolute atomic E-state index is 9.23. The van der Waals surface area contributed by atoms with Crippen LogP contribution >= 0.6 is 0 Å². The first-order valence-electron chi connectivity index (χ1n) is 5.25. The number of rotatable bonds is 0. The summed E-state index contributed by atoms with van der Waals surface area (Å²) >= 11 is 0. The van der Waals surface area contributed by atoms with Crippen LogP contribution < -0.4 is 0 Å². The Morgan fingerprint density at radius 3 is 2.00 bits per heavy atom. The molecule has 0 fully saturated rings. The zero-order chi connectivity index (χ0) is 14.0. The lowest BCUT2D eigenvalue weighted by atomic mass is 9.96. The fourth-order valence-electron chi connectivity index (χ4n) is 1.94. The van der Waals surface area contributed by atoms with Gasteiger partial charge in [0.15, 0.2) is 0 Å². The summed E-state index contributed by atoms with van der Waals surface area (Å²) in [4.78, 5) is 4.20. The summed E-state index contributed by atoms with van der Waals surface area (Å²) in [5.41, 5.74) is 1.35. The van der Waals surface area contributed by atoms with Crippen molar-refractivity contribution >= 4 is 10.9 Å². The first-order chi connectivity index (χ1) is 9.17. The molecule has 0 aliphatic carbocycles. The molecule has 5 nitrogen and oxygen atoms in total. The molecule has 1 heterocycles. The van der Waals surface area contributed by atoms with Crippen molar-refractivity contribution in [1.82, 2.24) is 4.98 Å². The van der Waals surface area contributed by atoms with E-state index in [1.54, 1.807) is 13.0 Å². The molecule has 0 spiro atoms. The topological polar surface area (TPSA) is 108 Å². The van der Waals surface area contributed by atoms with E-state index in [1.807, 2.05) is 24.3 Å². The van der Waals surface area contributed by atoms with Gasteiger partial charge in [-0.3, -0.25) is 4.98 Å². The molecule has 0 saturated carbocycles.